The fourth-order valence-corrected chi connectivity index (χ4v) is 4.22. The van der Waals surface area contributed by atoms with E-state index in [1.165, 1.54) is 6.42 Å². The average molecular weight is 322 g/mol. The zero-order valence-electron chi connectivity index (χ0n) is 14.3. The Kier molecular flexibility index (Phi) is 5.24. The zero-order chi connectivity index (χ0) is 16.3. The van der Waals surface area contributed by atoms with Crippen molar-refractivity contribution >= 4 is 11.8 Å². The molecule has 0 radical (unpaired) electrons. The Morgan fingerprint density at radius 2 is 1.96 bits per heavy atom. The van der Waals surface area contributed by atoms with Crippen LogP contribution in [0.15, 0.2) is 0 Å². The number of hydrogen-bond donors (Lipinski definition) is 1. The molecule has 2 aliphatic heterocycles. The van der Waals surface area contributed by atoms with Gasteiger partial charge in [-0.25, -0.2) is 0 Å². The highest BCUT2D eigenvalue weighted by molar-refractivity contribution is 5.79. The first-order chi connectivity index (χ1) is 11.1. The first kappa shape index (κ1) is 16.7. The molecular formula is C18H30N2O3. The van der Waals surface area contributed by atoms with Gasteiger partial charge in [-0.3, -0.25) is 9.59 Å². The Hall–Kier alpha value is -1.10. The molecule has 0 aromatic carbocycles. The number of nitrogens with one attached hydrogen (secondary N) is 1. The largest absolute Gasteiger partial charge is 0.375 e. The van der Waals surface area contributed by atoms with Crippen molar-refractivity contribution in [2.45, 2.75) is 63.9 Å². The minimum absolute atomic E-state index is 0.0183. The van der Waals surface area contributed by atoms with Crippen LogP contribution in [0.2, 0.25) is 0 Å². The molecular weight excluding hydrogens is 292 g/mol. The van der Waals surface area contributed by atoms with E-state index >= 15 is 0 Å². The highest BCUT2D eigenvalue weighted by Gasteiger charge is 2.42. The predicted octanol–water partition coefficient (Wildman–Crippen LogP) is 2.10. The summed E-state index contributed by atoms with van der Waals surface area (Å²) >= 11 is 0. The van der Waals surface area contributed by atoms with E-state index in [-0.39, 0.29) is 11.5 Å². The van der Waals surface area contributed by atoms with Crippen LogP contribution in [0.3, 0.4) is 0 Å². The van der Waals surface area contributed by atoms with E-state index in [4.69, 9.17) is 4.74 Å². The van der Waals surface area contributed by atoms with Crippen LogP contribution in [0.1, 0.15) is 58.3 Å². The fraction of sp³-hybridized carbons (Fsp3) is 0.889. The average Bonchev–Trinajstić information content (AvgIpc) is 2.46. The minimum Gasteiger partial charge on any atom is -0.375 e. The van der Waals surface area contributed by atoms with Gasteiger partial charge in [-0.05, 0) is 50.9 Å². The summed E-state index contributed by atoms with van der Waals surface area (Å²) < 4.78 is 6.17. The molecule has 1 saturated carbocycles. The Labute approximate surface area is 139 Å². The first-order valence-electron chi connectivity index (χ1n) is 9.25. The third-order valence-corrected chi connectivity index (χ3v) is 5.96. The molecule has 2 saturated heterocycles. The monoisotopic (exact) mass is 322 g/mol. The summed E-state index contributed by atoms with van der Waals surface area (Å²) in [5, 5.41) is 2.90. The molecule has 23 heavy (non-hydrogen) atoms. The minimum atomic E-state index is -0.0183. The van der Waals surface area contributed by atoms with Crippen LogP contribution in [0.25, 0.3) is 0 Å². The lowest BCUT2D eigenvalue weighted by Crippen LogP contribution is -2.52. The van der Waals surface area contributed by atoms with E-state index in [0.29, 0.717) is 17.7 Å². The SMILES string of the molecule is CC(=O)NCCC1CCOC2(CCN(C(=O)C3CCC3)CC2)C1. The van der Waals surface area contributed by atoms with Crippen molar-refractivity contribution in [3.63, 3.8) is 0 Å². The second-order valence-corrected chi connectivity index (χ2v) is 7.62. The molecule has 130 valence electrons. The molecule has 1 aliphatic carbocycles. The lowest BCUT2D eigenvalue weighted by Gasteiger charge is -2.47. The highest BCUT2D eigenvalue weighted by Crippen LogP contribution is 2.39. The van der Waals surface area contributed by atoms with E-state index in [1.54, 1.807) is 6.92 Å². The summed E-state index contributed by atoms with van der Waals surface area (Å²) in [6.07, 6.45) is 8.54. The predicted molar refractivity (Wildman–Crippen MR) is 87.9 cm³/mol. The Bertz CT molecular complexity index is 440. The third kappa shape index (κ3) is 4.06. The molecule has 2 heterocycles. The summed E-state index contributed by atoms with van der Waals surface area (Å²) in [5.74, 6) is 1.37. The van der Waals surface area contributed by atoms with Crippen molar-refractivity contribution in [2.24, 2.45) is 11.8 Å². The van der Waals surface area contributed by atoms with Crippen molar-refractivity contribution < 1.29 is 14.3 Å². The number of carbonyl (C=O) groups is 2. The summed E-state index contributed by atoms with van der Waals surface area (Å²) in [7, 11) is 0. The molecule has 3 aliphatic rings. The van der Waals surface area contributed by atoms with Gasteiger partial charge >= 0.3 is 0 Å². The highest BCUT2D eigenvalue weighted by atomic mass is 16.5. The normalized spacial score (nSPS) is 27.5. The van der Waals surface area contributed by atoms with Gasteiger partial charge in [0.2, 0.25) is 11.8 Å². The maximum atomic E-state index is 12.4. The molecule has 3 rings (SSSR count). The number of nitrogens with zero attached hydrogens (tertiary/aromatic N) is 1. The van der Waals surface area contributed by atoms with Gasteiger partial charge < -0.3 is 15.0 Å². The van der Waals surface area contributed by atoms with Gasteiger partial charge in [0.15, 0.2) is 0 Å². The van der Waals surface area contributed by atoms with Gasteiger partial charge in [0.05, 0.1) is 5.60 Å². The number of carbonyl (C=O) groups excluding carboxylic acids is 2. The number of likely N-dealkylation sites (tertiary alicyclic amines) is 1. The van der Waals surface area contributed by atoms with Crippen molar-refractivity contribution in [1.82, 2.24) is 10.2 Å². The van der Waals surface area contributed by atoms with E-state index in [2.05, 4.69) is 10.2 Å². The molecule has 2 amide bonds. The number of piperidine rings is 1. The smallest absolute Gasteiger partial charge is 0.225 e. The van der Waals surface area contributed by atoms with Gasteiger partial charge in [0.1, 0.15) is 0 Å². The quantitative estimate of drug-likeness (QED) is 0.862. The Morgan fingerprint density at radius 1 is 1.22 bits per heavy atom. The van der Waals surface area contributed by atoms with E-state index in [9.17, 15) is 9.59 Å². The lowest BCUT2D eigenvalue weighted by atomic mass is 9.77. The van der Waals surface area contributed by atoms with Gasteiger partial charge in [0.25, 0.3) is 0 Å². The number of rotatable bonds is 4. The molecule has 1 unspecified atom stereocenters. The molecule has 0 bridgehead atoms. The third-order valence-electron chi connectivity index (χ3n) is 5.96. The van der Waals surface area contributed by atoms with Gasteiger partial charge in [-0.15, -0.1) is 0 Å². The van der Waals surface area contributed by atoms with Crippen LogP contribution in [-0.2, 0) is 14.3 Å². The van der Waals surface area contributed by atoms with Crippen molar-refractivity contribution in [3.05, 3.63) is 0 Å². The molecule has 0 aromatic rings. The van der Waals surface area contributed by atoms with E-state index in [1.807, 2.05) is 0 Å². The van der Waals surface area contributed by atoms with Crippen LogP contribution in [0.4, 0.5) is 0 Å². The second-order valence-electron chi connectivity index (χ2n) is 7.62. The van der Waals surface area contributed by atoms with E-state index in [0.717, 1.165) is 71.2 Å². The fourth-order valence-electron chi connectivity index (χ4n) is 4.22. The van der Waals surface area contributed by atoms with Crippen LogP contribution >= 0.6 is 0 Å². The summed E-state index contributed by atoms with van der Waals surface area (Å²) in [6.45, 7) is 4.87. The van der Waals surface area contributed by atoms with Crippen LogP contribution < -0.4 is 5.32 Å². The zero-order valence-corrected chi connectivity index (χ0v) is 14.3. The first-order valence-corrected chi connectivity index (χ1v) is 9.25. The van der Waals surface area contributed by atoms with E-state index < -0.39 is 0 Å². The Morgan fingerprint density at radius 3 is 2.57 bits per heavy atom. The summed E-state index contributed by atoms with van der Waals surface area (Å²) in [4.78, 5) is 25.4. The summed E-state index contributed by atoms with van der Waals surface area (Å²) in [5.41, 5.74) is -0.0183. The standard InChI is InChI=1S/C18H30N2O3/c1-14(21)19-9-5-15-6-12-23-18(13-15)7-10-20(11-8-18)17(22)16-3-2-4-16/h15-16H,2-13H2,1H3,(H,19,21). The maximum absolute atomic E-state index is 12.4. The molecule has 1 atom stereocenters. The number of ether oxygens (including phenoxy) is 1. The molecule has 5 heteroatoms. The van der Waals surface area contributed by atoms with Gasteiger partial charge in [0, 0.05) is 39.1 Å². The van der Waals surface area contributed by atoms with Gasteiger partial charge in [-0.2, -0.15) is 0 Å². The van der Waals surface area contributed by atoms with Crippen molar-refractivity contribution in [1.29, 1.82) is 0 Å². The maximum Gasteiger partial charge on any atom is 0.225 e. The molecule has 3 fully saturated rings. The molecule has 5 nitrogen and oxygen atoms in total. The second kappa shape index (κ2) is 7.20. The van der Waals surface area contributed by atoms with Crippen LogP contribution in [-0.4, -0.2) is 48.6 Å². The van der Waals surface area contributed by atoms with Gasteiger partial charge in [-0.1, -0.05) is 6.42 Å². The van der Waals surface area contributed by atoms with Crippen LogP contribution in [0.5, 0.6) is 0 Å². The summed E-state index contributed by atoms with van der Waals surface area (Å²) in [6, 6.07) is 0. The van der Waals surface area contributed by atoms with Crippen LogP contribution in [0, 0.1) is 11.8 Å². The molecule has 1 spiro atoms. The van der Waals surface area contributed by atoms with Crippen molar-refractivity contribution in [3.8, 4) is 0 Å². The topological polar surface area (TPSA) is 58.6 Å². The number of amides is 2. The Balaban J connectivity index is 1.46. The number of hydrogen-bond acceptors (Lipinski definition) is 3. The molecule has 1 N–H and O–H groups in total. The van der Waals surface area contributed by atoms with Crippen molar-refractivity contribution in [2.75, 3.05) is 26.2 Å². The molecule has 0 aromatic heterocycles. The lowest BCUT2D eigenvalue weighted by molar-refractivity contribution is -0.152.